The van der Waals surface area contributed by atoms with Gasteiger partial charge in [-0.05, 0) is 234 Å². The van der Waals surface area contributed by atoms with Crippen molar-refractivity contribution in [2.45, 2.75) is 264 Å². The number of fused-ring (bicyclic) bond motifs is 6. The van der Waals surface area contributed by atoms with E-state index in [0.29, 0.717) is 0 Å². The molecular weight excluding hydrogens is 745 g/mol. The third-order valence-corrected chi connectivity index (χ3v) is 22.4. The lowest BCUT2D eigenvalue weighted by Crippen LogP contribution is -2.47. The van der Waals surface area contributed by atoms with Crippen LogP contribution < -0.4 is 0 Å². The van der Waals surface area contributed by atoms with Crippen LogP contribution in [0.5, 0.6) is 0 Å². The molecule has 0 radical (unpaired) electrons. The zero-order valence-corrected chi connectivity index (χ0v) is 42.3. The van der Waals surface area contributed by atoms with Gasteiger partial charge in [-0.15, -0.1) is 0 Å². The van der Waals surface area contributed by atoms with Crippen molar-refractivity contribution in [3.8, 4) is 0 Å². The Morgan fingerprint density at radius 3 is 1.60 bits per heavy atom. The van der Waals surface area contributed by atoms with E-state index in [0.717, 1.165) is 118 Å². The van der Waals surface area contributed by atoms with E-state index >= 15 is 0 Å². The van der Waals surface area contributed by atoms with E-state index in [1.165, 1.54) is 57.8 Å². The zero-order valence-electron chi connectivity index (χ0n) is 42.3. The summed E-state index contributed by atoms with van der Waals surface area (Å²) in [7, 11) is 0. The molecule has 20 atom stereocenters. The highest BCUT2D eigenvalue weighted by Crippen LogP contribution is 2.61. The molecule has 9 aliphatic rings. The molecule has 0 heterocycles. The van der Waals surface area contributed by atoms with Crippen LogP contribution in [0.4, 0.5) is 0 Å². The van der Waals surface area contributed by atoms with Gasteiger partial charge in [0, 0.05) is 0 Å². The molecule has 8 fully saturated rings. The molecule has 0 amide bonds. The molecule has 0 aromatic carbocycles. The maximum Gasteiger partial charge on any atom is -0.0141 e. The summed E-state index contributed by atoms with van der Waals surface area (Å²) in [6.45, 7) is 24.4. The summed E-state index contributed by atoms with van der Waals surface area (Å²) in [6.07, 6.45) is 43.4. The molecule has 0 nitrogen and oxygen atoms in total. The van der Waals surface area contributed by atoms with E-state index in [4.69, 9.17) is 0 Å². The Labute approximate surface area is 391 Å². The topological polar surface area (TPSA) is 0 Å². The van der Waals surface area contributed by atoms with Crippen LogP contribution in [0.3, 0.4) is 0 Å². The molecule has 0 aliphatic heterocycles. The molecular formula is C62H114. The Morgan fingerprint density at radius 1 is 0.435 bits per heavy atom. The maximum absolute atomic E-state index is 2.84. The maximum atomic E-state index is 2.84. The van der Waals surface area contributed by atoms with Crippen molar-refractivity contribution in [3.63, 3.8) is 0 Å². The van der Waals surface area contributed by atoms with Gasteiger partial charge < -0.3 is 0 Å². The quantitative estimate of drug-likeness (QED) is 0.224. The molecule has 0 aromatic heterocycles. The Morgan fingerprint density at radius 2 is 0.935 bits per heavy atom. The lowest BCUT2D eigenvalue weighted by atomic mass is 9.49. The third kappa shape index (κ3) is 11.0. The Kier molecular flexibility index (Phi) is 21.0. The summed E-state index contributed by atoms with van der Waals surface area (Å²) in [6, 6.07) is 0. The largest absolute Gasteiger partial charge is 0.0776 e. The van der Waals surface area contributed by atoms with Crippen molar-refractivity contribution in [1.29, 1.82) is 0 Å². The first-order valence-electron chi connectivity index (χ1n) is 29.0. The molecule has 0 N–H and O–H groups in total. The van der Waals surface area contributed by atoms with Crippen LogP contribution in [0.15, 0.2) is 11.1 Å². The van der Waals surface area contributed by atoms with Crippen molar-refractivity contribution in [3.05, 3.63) is 11.1 Å². The predicted octanol–water partition coefficient (Wildman–Crippen LogP) is 20.1. The lowest BCUT2D eigenvalue weighted by Gasteiger charge is -2.55. The number of hydrogen-bond donors (Lipinski definition) is 0. The van der Waals surface area contributed by atoms with Gasteiger partial charge in [0.1, 0.15) is 0 Å². The number of hydrogen-bond acceptors (Lipinski definition) is 0. The smallest absolute Gasteiger partial charge is 0.0141 e. The van der Waals surface area contributed by atoms with Crippen LogP contribution in [0, 0.1) is 118 Å². The fraction of sp³-hybridized carbons (Fsp3) is 0.968. The Balaban J connectivity index is 0.00000118. The predicted molar refractivity (Wildman–Crippen MR) is 276 cm³/mol. The first kappa shape index (κ1) is 52.7. The Hall–Kier alpha value is -0.260. The molecule has 9 rings (SSSR count). The van der Waals surface area contributed by atoms with Crippen molar-refractivity contribution in [1.82, 2.24) is 0 Å². The summed E-state index contributed by atoms with van der Waals surface area (Å²) < 4.78 is 0. The summed E-state index contributed by atoms with van der Waals surface area (Å²) in [5.74, 6) is 20.1. The molecule has 0 bridgehead atoms. The molecule has 62 heavy (non-hydrogen) atoms. The average molecular weight is 860 g/mol. The standard InChI is InChI=1S/C56H94.2C2H6.2CH4/c1-7-39-18-22-48(47-23-19-41-13-9-11-15-45(41)32-47)34-50-25-21-44(37(5)55(50)36(39)4)31-40(8-2)51-29-26-43-27-30-53-52(28-17-35(3)54(53)56(43)38(51)6)49-24-20-42-14-10-12-16-46(42)33-49;2*1-2;;/h35-51,54-56H,7-34H2,1-6H3;2*1-2H3;2*1H4. The van der Waals surface area contributed by atoms with Crippen molar-refractivity contribution in [2.75, 3.05) is 0 Å². The van der Waals surface area contributed by atoms with Crippen LogP contribution in [-0.2, 0) is 0 Å². The normalized spacial score (nSPS) is 45.9. The second-order valence-electron chi connectivity index (χ2n) is 24.3. The molecule has 8 saturated carbocycles. The van der Waals surface area contributed by atoms with Gasteiger partial charge in [0.05, 0.1) is 0 Å². The minimum absolute atomic E-state index is 0. The molecule has 362 valence electrons. The van der Waals surface area contributed by atoms with Gasteiger partial charge in [-0.3, -0.25) is 0 Å². The minimum Gasteiger partial charge on any atom is -0.0776 e. The lowest BCUT2D eigenvalue weighted by molar-refractivity contribution is -0.0335. The van der Waals surface area contributed by atoms with E-state index in [2.05, 4.69) is 52.7 Å². The van der Waals surface area contributed by atoms with E-state index in [9.17, 15) is 0 Å². The van der Waals surface area contributed by atoms with E-state index in [1.54, 1.807) is 122 Å². The molecule has 9 aliphatic carbocycles. The van der Waals surface area contributed by atoms with Crippen LogP contribution in [0.25, 0.3) is 0 Å². The van der Waals surface area contributed by atoms with E-state index in [-0.39, 0.29) is 14.9 Å². The van der Waals surface area contributed by atoms with Crippen molar-refractivity contribution >= 4 is 0 Å². The Bertz CT molecular complexity index is 1300. The molecule has 20 unspecified atom stereocenters. The van der Waals surface area contributed by atoms with Gasteiger partial charge in [-0.25, -0.2) is 0 Å². The number of rotatable bonds is 7. The molecule has 0 spiro atoms. The van der Waals surface area contributed by atoms with E-state index < -0.39 is 0 Å². The van der Waals surface area contributed by atoms with Gasteiger partial charge in [0.25, 0.3) is 0 Å². The summed E-state index contributed by atoms with van der Waals surface area (Å²) in [4.78, 5) is 0. The molecule has 0 aromatic rings. The highest BCUT2D eigenvalue weighted by atomic mass is 14.6. The van der Waals surface area contributed by atoms with Gasteiger partial charge in [0.2, 0.25) is 0 Å². The summed E-state index contributed by atoms with van der Waals surface area (Å²) >= 11 is 0. The van der Waals surface area contributed by atoms with Crippen LogP contribution in [0.2, 0.25) is 0 Å². The van der Waals surface area contributed by atoms with Gasteiger partial charge in [0.15, 0.2) is 0 Å². The average Bonchev–Trinajstić information content (AvgIpc) is 3.29. The fourth-order valence-electron chi connectivity index (χ4n) is 19.4. The van der Waals surface area contributed by atoms with Crippen LogP contribution >= 0.6 is 0 Å². The van der Waals surface area contributed by atoms with Crippen molar-refractivity contribution < 1.29 is 0 Å². The second kappa shape index (κ2) is 24.7. The monoisotopic (exact) mass is 859 g/mol. The minimum atomic E-state index is 0. The van der Waals surface area contributed by atoms with Crippen molar-refractivity contribution in [2.24, 2.45) is 118 Å². The third-order valence-electron chi connectivity index (χ3n) is 22.4. The summed E-state index contributed by atoms with van der Waals surface area (Å²) in [5.41, 5.74) is 4.16. The van der Waals surface area contributed by atoms with Gasteiger partial charge >= 0.3 is 0 Å². The zero-order chi connectivity index (χ0) is 42.5. The first-order valence-corrected chi connectivity index (χ1v) is 29.0. The van der Waals surface area contributed by atoms with E-state index in [1.807, 2.05) is 27.7 Å². The molecule has 0 saturated heterocycles. The molecule has 0 heteroatoms. The van der Waals surface area contributed by atoms with Gasteiger partial charge in [-0.2, -0.15) is 0 Å². The van der Waals surface area contributed by atoms with Crippen LogP contribution in [-0.4, -0.2) is 0 Å². The fourth-order valence-corrected chi connectivity index (χ4v) is 19.4. The first-order chi connectivity index (χ1) is 29.3. The highest BCUT2D eigenvalue weighted by Gasteiger charge is 2.51. The van der Waals surface area contributed by atoms with Gasteiger partial charge in [-0.1, -0.05) is 159 Å². The van der Waals surface area contributed by atoms with Crippen LogP contribution in [0.1, 0.15) is 264 Å². The highest BCUT2D eigenvalue weighted by molar-refractivity contribution is 5.28. The summed E-state index contributed by atoms with van der Waals surface area (Å²) in [5, 5.41) is 0. The SMILES string of the molecule is C.C.CC.CC.CCC1CCC(C2CCC3CCCCC3C2)CC2CCC(CC(CC)C3CCC4CCC5=C(C6CCC7CCCCC7C6)CCC(C)C5C4C3C)C(C)C2C1C. The number of allylic oxidation sites excluding steroid dienone is 2. The second-order valence-corrected chi connectivity index (χ2v) is 24.3.